The predicted octanol–water partition coefficient (Wildman–Crippen LogP) is 1.10. The van der Waals surface area contributed by atoms with Gasteiger partial charge in [0.25, 0.3) is 5.91 Å². The van der Waals surface area contributed by atoms with Crippen molar-refractivity contribution >= 4 is 5.91 Å². The van der Waals surface area contributed by atoms with E-state index in [1.807, 2.05) is 0 Å². The summed E-state index contributed by atoms with van der Waals surface area (Å²) < 4.78 is 0. The molecule has 1 aromatic carbocycles. The topological polar surface area (TPSA) is 95.6 Å². The average molecular weight is 250 g/mol. The standard InChI is InChI=1S/C13H18N2O3/c14-8-13(6-1-2-7-13)15-12(18)9-4-3-5-10(16)11(9)17/h3-5,16-17H,1-2,6-8,14H2,(H,15,18). The average Bonchev–Trinajstić information content (AvgIpc) is 2.81. The van der Waals surface area contributed by atoms with Crippen molar-refractivity contribution in [2.45, 2.75) is 31.2 Å². The van der Waals surface area contributed by atoms with Crippen molar-refractivity contribution in [1.82, 2.24) is 5.32 Å². The van der Waals surface area contributed by atoms with Gasteiger partial charge in [-0.05, 0) is 25.0 Å². The third-order valence-electron chi connectivity index (χ3n) is 3.59. The summed E-state index contributed by atoms with van der Waals surface area (Å²) in [6, 6.07) is 4.33. The Morgan fingerprint density at radius 3 is 2.61 bits per heavy atom. The van der Waals surface area contributed by atoms with Gasteiger partial charge < -0.3 is 21.3 Å². The van der Waals surface area contributed by atoms with Crippen LogP contribution in [0.3, 0.4) is 0 Å². The first-order chi connectivity index (χ1) is 8.58. The molecule has 1 aromatic rings. The number of phenolic OH excluding ortho intramolecular Hbond substituents is 2. The van der Waals surface area contributed by atoms with Crippen molar-refractivity contribution in [3.63, 3.8) is 0 Å². The number of hydrogen-bond donors (Lipinski definition) is 4. The molecule has 0 atom stereocenters. The second-order valence-corrected chi connectivity index (χ2v) is 4.82. The third-order valence-corrected chi connectivity index (χ3v) is 3.59. The number of rotatable bonds is 3. The zero-order valence-electron chi connectivity index (χ0n) is 10.1. The van der Waals surface area contributed by atoms with Crippen LogP contribution < -0.4 is 11.1 Å². The molecule has 0 unspecified atom stereocenters. The smallest absolute Gasteiger partial charge is 0.255 e. The van der Waals surface area contributed by atoms with Crippen LogP contribution in [0.4, 0.5) is 0 Å². The Morgan fingerprint density at radius 2 is 2.00 bits per heavy atom. The fourth-order valence-corrected chi connectivity index (χ4v) is 2.45. The van der Waals surface area contributed by atoms with Crippen LogP contribution in [-0.4, -0.2) is 28.2 Å². The molecule has 2 rings (SSSR count). The highest BCUT2D eigenvalue weighted by Gasteiger charge is 2.34. The molecule has 0 radical (unpaired) electrons. The molecule has 1 aliphatic rings. The van der Waals surface area contributed by atoms with Crippen molar-refractivity contribution in [2.75, 3.05) is 6.54 Å². The Morgan fingerprint density at radius 1 is 1.33 bits per heavy atom. The monoisotopic (exact) mass is 250 g/mol. The molecule has 1 fully saturated rings. The van der Waals surface area contributed by atoms with Crippen molar-refractivity contribution in [2.24, 2.45) is 5.73 Å². The van der Waals surface area contributed by atoms with Gasteiger partial charge in [-0.25, -0.2) is 0 Å². The van der Waals surface area contributed by atoms with E-state index < -0.39 is 5.91 Å². The lowest BCUT2D eigenvalue weighted by Crippen LogP contribution is -2.51. The van der Waals surface area contributed by atoms with Gasteiger partial charge in [-0.3, -0.25) is 4.79 Å². The summed E-state index contributed by atoms with van der Waals surface area (Å²) in [7, 11) is 0. The van der Waals surface area contributed by atoms with Gasteiger partial charge in [0.2, 0.25) is 0 Å². The van der Waals surface area contributed by atoms with E-state index in [-0.39, 0.29) is 22.6 Å². The summed E-state index contributed by atoms with van der Waals surface area (Å²) in [6.45, 7) is 0.387. The van der Waals surface area contributed by atoms with Crippen LogP contribution in [0.25, 0.3) is 0 Å². The van der Waals surface area contributed by atoms with E-state index in [4.69, 9.17) is 5.73 Å². The first-order valence-electron chi connectivity index (χ1n) is 6.11. The number of hydrogen-bond acceptors (Lipinski definition) is 4. The van der Waals surface area contributed by atoms with Crippen molar-refractivity contribution in [3.05, 3.63) is 23.8 Å². The SMILES string of the molecule is NCC1(NC(=O)c2cccc(O)c2O)CCCC1. The van der Waals surface area contributed by atoms with Crippen LogP contribution in [0.1, 0.15) is 36.0 Å². The number of para-hydroxylation sites is 1. The second-order valence-electron chi connectivity index (χ2n) is 4.82. The van der Waals surface area contributed by atoms with Crippen molar-refractivity contribution < 1.29 is 15.0 Å². The van der Waals surface area contributed by atoms with Crippen molar-refractivity contribution in [3.8, 4) is 11.5 Å². The number of nitrogens with two attached hydrogens (primary N) is 1. The molecule has 5 heteroatoms. The van der Waals surface area contributed by atoms with Gasteiger partial charge >= 0.3 is 0 Å². The first-order valence-corrected chi connectivity index (χ1v) is 6.11. The Bertz CT molecular complexity index is 454. The quantitative estimate of drug-likeness (QED) is 0.604. The molecule has 1 saturated carbocycles. The van der Waals surface area contributed by atoms with E-state index in [1.165, 1.54) is 18.2 Å². The summed E-state index contributed by atoms with van der Waals surface area (Å²) in [4.78, 5) is 12.1. The summed E-state index contributed by atoms with van der Waals surface area (Å²) in [6.07, 6.45) is 3.80. The molecule has 98 valence electrons. The highest BCUT2D eigenvalue weighted by molar-refractivity contribution is 5.98. The van der Waals surface area contributed by atoms with Gasteiger partial charge in [0.05, 0.1) is 11.1 Å². The summed E-state index contributed by atoms with van der Waals surface area (Å²) >= 11 is 0. The summed E-state index contributed by atoms with van der Waals surface area (Å²) in [5.41, 5.74) is 5.45. The van der Waals surface area contributed by atoms with Gasteiger partial charge in [0.15, 0.2) is 11.5 Å². The molecule has 0 saturated heterocycles. The summed E-state index contributed by atoms with van der Waals surface area (Å²) in [5.74, 6) is -1.08. The predicted molar refractivity (Wildman–Crippen MR) is 67.5 cm³/mol. The Kier molecular flexibility index (Phi) is 3.43. The van der Waals surface area contributed by atoms with E-state index in [9.17, 15) is 15.0 Å². The van der Waals surface area contributed by atoms with Crippen LogP contribution in [0, 0.1) is 0 Å². The van der Waals surface area contributed by atoms with E-state index >= 15 is 0 Å². The molecule has 0 bridgehead atoms. The fraction of sp³-hybridized carbons (Fsp3) is 0.462. The molecule has 5 N–H and O–H groups in total. The van der Waals surface area contributed by atoms with Gasteiger partial charge in [-0.15, -0.1) is 0 Å². The van der Waals surface area contributed by atoms with Crippen LogP contribution in [-0.2, 0) is 0 Å². The zero-order chi connectivity index (χ0) is 13.2. The Balaban J connectivity index is 2.19. The number of benzene rings is 1. The highest BCUT2D eigenvalue weighted by atomic mass is 16.3. The lowest BCUT2D eigenvalue weighted by atomic mass is 9.97. The number of amides is 1. The molecule has 1 amide bonds. The molecular formula is C13H18N2O3. The van der Waals surface area contributed by atoms with E-state index in [1.54, 1.807) is 0 Å². The van der Waals surface area contributed by atoms with Gasteiger partial charge in [0.1, 0.15) is 0 Å². The molecule has 0 spiro atoms. The van der Waals surface area contributed by atoms with Crippen LogP contribution in [0.2, 0.25) is 0 Å². The minimum atomic E-state index is -0.393. The third kappa shape index (κ3) is 2.26. The van der Waals surface area contributed by atoms with Crippen LogP contribution >= 0.6 is 0 Å². The summed E-state index contributed by atoms with van der Waals surface area (Å²) in [5, 5.41) is 21.9. The van der Waals surface area contributed by atoms with Gasteiger partial charge in [-0.1, -0.05) is 18.9 Å². The number of phenols is 2. The molecular weight excluding hydrogens is 232 g/mol. The molecule has 18 heavy (non-hydrogen) atoms. The Hall–Kier alpha value is -1.75. The number of nitrogens with one attached hydrogen (secondary N) is 1. The zero-order valence-corrected chi connectivity index (χ0v) is 10.1. The van der Waals surface area contributed by atoms with E-state index in [0.29, 0.717) is 6.54 Å². The lowest BCUT2D eigenvalue weighted by Gasteiger charge is -2.28. The maximum Gasteiger partial charge on any atom is 0.255 e. The number of carbonyl (C=O) groups excluding carboxylic acids is 1. The van der Waals surface area contributed by atoms with Gasteiger partial charge in [-0.2, -0.15) is 0 Å². The van der Waals surface area contributed by atoms with Crippen LogP contribution in [0.5, 0.6) is 11.5 Å². The fourth-order valence-electron chi connectivity index (χ4n) is 2.45. The molecule has 0 aliphatic heterocycles. The minimum absolute atomic E-state index is 0.0784. The first kappa shape index (κ1) is 12.7. The van der Waals surface area contributed by atoms with Gasteiger partial charge in [0, 0.05) is 6.54 Å². The molecule has 0 aromatic heterocycles. The lowest BCUT2D eigenvalue weighted by molar-refractivity contribution is 0.0899. The minimum Gasteiger partial charge on any atom is -0.504 e. The maximum atomic E-state index is 12.1. The highest BCUT2D eigenvalue weighted by Crippen LogP contribution is 2.31. The van der Waals surface area contributed by atoms with E-state index in [0.717, 1.165) is 25.7 Å². The number of carbonyl (C=O) groups is 1. The van der Waals surface area contributed by atoms with Crippen LogP contribution in [0.15, 0.2) is 18.2 Å². The van der Waals surface area contributed by atoms with Crippen molar-refractivity contribution in [1.29, 1.82) is 0 Å². The van der Waals surface area contributed by atoms with E-state index in [2.05, 4.69) is 5.32 Å². The largest absolute Gasteiger partial charge is 0.504 e. The normalized spacial score (nSPS) is 17.6. The molecule has 1 aliphatic carbocycles. The number of aromatic hydroxyl groups is 2. The Labute approximate surface area is 106 Å². The molecule has 5 nitrogen and oxygen atoms in total. The maximum absolute atomic E-state index is 12.1. The molecule has 0 heterocycles. The second kappa shape index (κ2) is 4.86.